The molecule has 2 heterocycles. The maximum absolute atomic E-state index is 15.1. The molecule has 3 rings (SSSR count). The van der Waals surface area contributed by atoms with Crippen molar-refractivity contribution in [2.75, 3.05) is 23.4 Å². The number of anilines is 2. The average molecular weight is 439 g/mol. The molecule has 1 saturated carbocycles. The summed E-state index contributed by atoms with van der Waals surface area (Å²) in [7, 11) is 0. The SMILES string of the molecule is Cc1nc(NNC(=O)[C@@H](CNC(=O)O)CC2CCCC2)c(F)c(N2CC[C@@H](O)[C@@H]2C)n1. The van der Waals surface area contributed by atoms with Gasteiger partial charge in [-0.25, -0.2) is 14.8 Å². The van der Waals surface area contributed by atoms with Gasteiger partial charge in [-0.05, 0) is 32.6 Å². The fourth-order valence-corrected chi connectivity index (χ4v) is 4.40. The second kappa shape index (κ2) is 10.1. The molecule has 3 atom stereocenters. The number of amides is 2. The quantitative estimate of drug-likeness (QED) is 0.387. The third-order valence-corrected chi connectivity index (χ3v) is 6.20. The van der Waals surface area contributed by atoms with Crippen LogP contribution in [-0.2, 0) is 4.79 Å². The van der Waals surface area contributed by atoms with Crippen LogP contribution in [-0.4, -0.2) is 57.4 Å². The second-order valence-corrected chi connectivity index (χ2v) is 8.43. The molecule has 2 fully saturated rings. The summed E-state index contributed by atoms with van der Waals surface area (Å²) in [5.74, 6) is -1.13. The number of aryl methyl sites for hydroxylation is 1. The summed E-state index contributed by atoms with van der Waals surface area (Å²) in [4.78, 5) is 33.5. The Labute approximate surface area is 180 Å². The van der Waals surface area contributed by atoms with Gasteiger partial charge in [0.05, 0.1) is 18.1 Å². The number of carbonyl (C=O) groups is 2. The molecule has 2 aliphatic rings. The zero-order valence-electron chi connectivity index (χ0n) is 17.9. The van der Waals surface area contributed by atoms with Crippen molar-refractivity contribution in [2.24, 2.45) is 11.8 Å². The molecule has 0 bridgehead atoms. The molecule has 0 spiro atoms. The van der Waals surface area contributed by atoms with Crippen LogP contribution in [0.3, 0.4) is 0 Å². The van der Waals surface area contributed by atoms with Crippen molar-refractivity contribution in [2.45, 2.75) is 64.5 Å². The number of aliphatic hydroxyl groups excluding tert-OH is 1. The van der Waals surface area contributed by atoms with Gasteiger partial charge in [-0.1, -0.05) is 25.7 Å². The third-order valence-electron chi connectivity index (χ3n) is 6.20. The summed E-state index contributed by atoms with van der Waals surface area (Å²) in [5, 5.41) is 21.2. The van der Waals surface area contributed by atoms with E-state index < -0.39 is 29.8 Å². The van der Waals surface area contributed by atoms with Crippen LogP contribution in [0, 0.1) is 24.6 Å². The van der Waals surface area contributed by atoms with E-state index in [2.05, 4.69) is 26.1 Å². The molecule has 5 N–H and O–H groups in total. The van der Waals surface area contributed by atoms with E-state index in [0.29, 0.717) is 31.1 Å². The largest absolute Gasteiger partial charge is 0.465 e. The highest BCUT2D eigenvalue weighted by Gasteiger charge is 2.33. The van der Waals surface area contributed by atoms with E-state index in [1.807, 2.05) is 0 Å². The van der Waals surface area contributed by atoms with Crippen molar-refractivity contribution in [3.8, 4) is 0 Å². The summed E-state index contributed by atoms with van der Waals surface area (Å²) < 4.78 is 15.1. The molecule has 10 nitrogen and oxygen atoms in total. The van der Waals surface area contributed by atoms with E-state index in [0.717, 1.165) is 25.7 Å². The number of hydrogen-bond acceptors (Lipinski definition) is 7. The number of carboxylic acid groups (broad SMARTS) is 1. The Balaban J connectivity index is 1.69. The smallest absolute Gasteiger partial charge is 0.404 e. The lowest BCUT2D eigenvalue weighted by molar-refractivity contribution is -0.124. The summed E-state index contributed by atoms with van der Waals surface area (Å²) in [6, 6.07) is -0.288. The zero-order chi connectivity index (χ0) is 22.5. The fourth-order valence-electron chi connectivity index (χ4n) is 4.40. The summed E-state index contributed by atoms with van der Waals surface area (Å²) in [6.07, 6.45) is 3.59. The Hall–Kier alpha value is -2.69. The summed E-state index contributed by atoms with van der Waals surface area (Å²) in [6.45, 7) is 3.87. The molecule has 172 valence electrons. The van der Waals surface area contributed by atoms with Crippen molar-refractivity contribution in [1.82, 2.24) is 20.7 Å². The zero-order valence-corrected chi connectivity index (χ0v) is 17.9. The molecule has 0 unspecified atom stereocenters. The van der Waals surface area contributed by atoms with Gasteiger partial charge < -0.3 is 20.4 Å². The Bertz CT molecular complexity index is 804. The molecule has 2 amide bonds. The predicted octanol–water partition coefficient (Wildman–Crippen LogP) is 1.79. The van der Waals surface area contributed by atoms with Gasteiger partial charge in [-0.15, -0.1) is 0 Å². The standard InChI is InChI=1S/C20H31FN6O4/c1-11-15(28)7-8-27(11)18-16(21)17(23-12(2)24-18)25-26-19(29)14(10-22-20(30)31)9-13-5-3-4-6-13/h11,13-15,22,28H,3-10H2,1-2H3,(H,26,29)(H,30,31)(H,23,24,25)/t11-,14+,15+/m0/s1. The van der Waals surface area contributed by atoms with Crippen LogP contribution in [0.15, 0.2) is 0 Å². The lowest BCUT2D eigenvalue weighted by Crippen LogP contribution is -2.42. The lowest BCUT2D eigenvalue weighted by atomic mass is 9.92. The van der Waals surface area contributed by atoms with Gasteiger partial charge in [0, 0.05) is 13.1 Å². The Morgan fingerprint density at radius 1 is 1.26 bits per heavy atom. The monoisotopic (exact) mass is 438 g/mol. The Morgan fingerprint density at radius 2 is 1.97 bits per heavy atom. The topological polar surface area (TPSA) is 140 Å². The van der Waals surface area contributed by atoms with Crippen LogP contribution >= 0.6 is 0 Å². The second-order valence-electron chi connectivity index (χ2n) is 8.43. The number of rotatable bonds is 8. The maximum Gasteiger partial charge on any atom is 0.404 e. The number of nitrogens with zero attached hydrogens (tertiary/aromatic N) is 3. The molecule has 1 saturated heterocycles. The number of hydrazine groups is 1. The van der Waals surface area contributed by atoms with Gasteiger partial charge in [0.2, 0.25) is 11.7 Å². The highest BCUT2D eigenvalue weighted by molar-refractivity contribution is 5.80. The van der Waals surface area contributed by atoms with Gasteiger partial charge in [-0.2, -0.15) is 4.39 Å². The van der Waals surface area contributed by atoms with E-state index in [4.69, 9.17) is 5.11 Å². The molecule has 0 radical (unpaired) electrons. The van der Waals surface area contributed by atoms with Gasteiger partial charge in [-0.3, -0.25) is 15.6 Å². The minimum Gasteiger partial charge on any atom is -0.465 e. The lowest BCUT2D eigenvalue weighted by Gasteiger charge is -2.25. The Morgan fingerprint density at radius 3 is 2.58 bits per heavy atom. The number of halogens is 1. The van der Waals surface area contributed by atoms with E-state index in [-0.39, 0.29) is 24.2 Å². The molecule has 31 heavy (non-hydrogen) atoms. The van der Waals surface area contributed by atoms with Crippen LogP contribution in [0.5, 0.6) is 0 Å². The number of hydrogen-bond donors (Lipinski definition) is 5. The molecule has 1 aromatic rings. The summed E-state index contributed by atoms with van der Waals surface area (Å²) in [5.41, 5.74) is 5.03. The molecular weight excluding hydrogens is 407 g/mol. The van der Waals surface area contributed by atoms with E-state index in [1.165, 1.54) is 0 Å². The van der Waals surface area contributed by atoms with E-state index in [1.54, 1.807) is 18.7 Å². The first kappa shape index (κ1) is 23.0. The van der Waals surface area contributed by atoms with Crippen LogP contribution < -0.4 is 21.1 Å². The van der Waals surface area contributed by atoms with Crippen molar-refractivity contribution in [3.05, 3.63) is 11.6 Å². The molecular formula is C20H31FN6O4. The van der Waals surface area contributed by atoms with Crippen LogP contribution in [0.25, 0.3) is 0 Å². The minimum absolute atomic E-state index is 0.0148. The van der Waals surface area contributed by atoms with Crippen LogP contribution in [0.1, 0.15) is 51.3 Å². The first-order chi connectivity index (χ1) is 14.8. The highest BCUT2D eigenvalue weighted by atomic mass is 19.1. The van der Waals surface area contributed by atoms with Crippen molar-refractivity contribution in [3.63, 3.8) is 0 Å². The van der Waals surface area contributed by atoms with Crippen LogP contribution in [0.2, 0.25) is 0 Å². The van der Waals surface area contributed by atoms with Crippen LogP contribution in [0.4, 0.5) is 20.8 Å². The third kappa shape index (κ3) is 5.72. The van der Waals surface area contributed by atoms with Gasteiger partial charge >= 0.3 is 6.09 Å². The highest BCUT2D eigenvalue weighted by Crippen LogP contribution is 2.31. The first-order valence-corrected chi connectivity index (χ1v) is 10.8. The first-order valence-electron chi connectivity index (χ1n) is 10.8. The normalized spacial score (nSPS) is 22.4. The molecule has 11 heteroatoms. The number of aliphatic hydroxyl groups is 1. The molecule has 0 aromatic carbocycles. The van der Waals surface area contributed by atoms with Crippen molar-refractivity contribution >= 4 is 23.6 Å². The molecule has 1 aromatic heterocycles. The van der Waals surface area contributed by atoms with Crippen molar-refractivity contribution in [1.29, 1.82) is 0 Å². The van der Waals surface area contributed by atoms with E-state index >= 15 is 4.39 Å². The molecule has 1 aliphatic heterocycles. The van der Waals surface area contributed by atoms with Gasteiger partial charge in [0.15, 0.2) is 11.6 Å². The van der Waals surface area contributed by atoms with Gasteiger partial charge in [0.1, 0.15) is 5.82 Å². The number of carbonyl (C=O) groups excluding carboxylic acids is 1. The maximum atomic E-state index is 15.1. The molecule has 1 aliphatic carbocycles. The van der Waals surface area contributed by atoms with E-state index in [9.17, 15) is 14.7 Å². The van der Waals surface area contributed by atoms with Crippen molar-refractivity contribution < 1.29 is 24.2 Å². The summed E-state index contributed by atoms with van der Waals surface area (Å²) >= 11 is 0. The number of nitrogens with one attached hydrogen (secondary N) is 3. The number of aromatic nitrogens is 2. The van der Waals surface area contributed by atoms with Gasteiger partial charge in [0.25, 0.3) is 0 Å². The Kier molecular flexibility index (Phi) is 7.47. The average Bonchev–Trinajstić information content (AvgIpc) is 3.35. The predicted molar refractivity (Wildman–Crippen MR) is 112 cm³/mol. The minimum atomic E-state index is -1.19. The fraction of sp³-hybridized carbons (Fsp3) is 0.700.